The molecule has 0 aromatic rings. The molecule has 0 aromatic heterocycles. The maximum absolute atomic E-state index is 11.4. The Balaban J connectivity index is 0.000000399. The van der Waals surface area contributed by atoms with E-state index in [0.717, 1.165) is 0 Å². The number of carboxylic acids is 1. The zero-order valence-electron chi connectivity index (χ0n) is 11.5. The van der Waals surface area contributed by atoms with Gasteiger partial charge in [-0.15, -0.1) is 0 Å². The molecule has 1 fully saturated rings. The first-order valence-corrected chi connectivity index (χ1v) is 5.61. The monoisotopic (exact) mass is 284 g/mol. The number of nitrogens with zero attached hydrogens (tertiary/aromatic N) is 1. The van der Waals surface area contributed by atoms with Crippen molar-refractivity contribution in [3.05, 3.63) is 0 Å². The summed E-state index contributed by atoms with van der Waals surface area (Å²) in [5, 5.41) is 10.4. The summed E-state index contributed by atoms with van der Waals surface area (Å²) in [7, 11) is 1.86. The lowest BCUT2D eigenvalue weighted by atomic mass is 9.92. The molecule has 0 saturated carbocycles. The molecule has 19 heavy (non-hydrogen) atoms. The van der Waals surface area contributed by atoms with Crippen molar-refractivity contribution in [2.45, 2.75) is 46.1 Å². The Bertz CT molecular complexity index is 350. The molecule has 0 bridgehead atoms. The summed E-state index contributed by atoms with van der Waals surface area (Å²) in [6.07, 6.45) is -4.92. The predicted octanol–water partition coefficient (Wildman–Crippen LogP) is 1.44. The molecule has 2 N–H and O–H groups in total. The molecular weight excluding hydrogens is 265 g/mol. The van der Waals surface area contributed by atoms with E-state index in [2.05, 4.69) is 26.1 Å². The number of halogens is 3. The van der Waals surface area contributed by atoms with Crippen LogP contribution in [-0.4, -0.2) is 47.3 Å². The van der Waals surface area contributed by atoms with Gasteiger partial charge in [0, 0.05) is 7.05 Å². The fourth-order valence-corrected chi connectivity index (χ4v) is 1.68. The normalized spacial score (nSPS) is 24.0. The van der Waals surface area contributed by atoms with Crippen LogP contribution in [0.3, 0.4) is 0 Å². The number of carboxylic acid groups (broad SMARTS) is 1. The van der Waals surface area contributed by atoms with Gasteiger partial charge in [-0.25, -0.2) is 4.79 Å². The molecule has 0 unspecified atom stereocenters. The molecule has 0 aliphatic carbocycles. The number of nitrogens with one attached hydrogen (secondary N) is 1. The molecule has 0 aromatic carbocycles. The Hall–Kier alpha value is -1.31. The maximum atomic E-state index is 11.4. The zero-order chi connectivity index (χ0) is 15.6. The summed E-state index contributed by atoms with van der Waals surface area (Å²) in [6.45, 7) is 8.30. The molecule has 1 amide bonds. The second-order valence-corrected chi connectivity index (χ2v) is 5.41. The summed E-state index contributed by atoms with van der Waals surface area (Å²) in [5.41, 5.74) is 0.106. The van der Waals surface area contributed by atoms with E-state index in [-0.39, 0.29) is 23.5 Å². The fraction of sp³-hybridized carbons (Fsp3) is 0.818. The van der Waals surface area contributed by atoms with Gasteiger partial charge in [0.25, 0.3) is 0 Å². The second kappa shape index (κ2) is 5.77. The molecule has 2 atom stereocenters. The van der Waals surface area contributed by atoms with Gasteiger partial charge in [-0.05, 0) is 12.3 Å². The van der Waals surface area contributed by atoms with E-state index in [1.54, 1.807) is 4.90 Å². The van der Waals surface area contributed by atoms with Crippen LogP contribution in [0.1, 0.15) is 27.7 Å². The molecule has 1 rings (SSSR count). The summed E-state index contributed by atoms with van der Waals surface area (Å²) in [5.74, 6) is -2.57. The molecule has 8 heteroatoms. The van der Waals surface area contributed by atoms with Gasteiger partial charge in [0.15, 0.2) is 0 Å². The molecule has 1 saturated heterocycles. The van der Waals surface area contributed by atoms with Crippen LogP contribution in [0.4, 0.5) is 13.2 Å². The van der Waals surface area contributed by atoms with Crippen LogP contribution in [0.25, 0.3) is 0 Å². The van der Waals surface area contributed by atoms with Gasteiger partial charge in [-0.2, -0.15) is 13.2 Å². The first kappa shape index (κ1) is 17.7. The van der Waals surface area contributed by atoms with Crippen molar-refractivity contribution in [3.8, 4) is 0 Å². The third-order valence-electron chi connectivity index (χ3n) is 2.58. The van der Waals surface area contributed by atoms with Crippen molar-refractivity contribution >= 4 is 11.9 Å². The third-order valence-corrected chi connectivity index (χ3v) is 2.58. The Morgan fingerprint density at radius 3 is 1.79 bits per heavy atom. The lowest BCUT2D eigenvalue weighted by Gasteiger charge is -2.32. The van der Waals surface area contributed by atoms with Crippen LogP contribution in [0.15, 0.2) is 0 Å². The van der Waals surface area contributed by atoms with Gasteiger partial charge >= 0.3 is 12.1 Å². The summed E-state index contributed by atoms with van der Waals surface area (Å²) in [6, 6.07) is -0.0285. The zero-order valence-corrected chi connectivity index (χ0v) is 11.5. The Morgan fingerprint density at radius 1 is 1.32 bits per heavy atom. The van der Waals surface area contributed by atoms with E-state index in [9.17, 15) is 18.0 Å². The van der Waals surface area contributed by atoms with E-state index in [4.69, 9.17) is 9.90 Å². The molecule has 0 radical (unpaired) electrons. The SMILES string of the molecule is C[C@@H]1N[C@H](C(C)(C)C)N(C)C1=O.O=C(O)C(F)(F)F. The maximum Gasteiger partial charge on any atom is 0.490 e. The average molecular weight is 284 g/mol. The van der Waals surface area contributed by atoms with Crippen molar-refractivity contribution in [3.63, 3.8) is 0 Å². The van der Waals surface area contributed by atoms with Crippen molar-refractivity contribution in [1.29, 1.82) is 0 Å². The summed E-state index contributed by atoms with van der Waals surface area (Å²) >= 11 is 0. The number of likely N-dealkylation sites (N-methyl/N-ethyl adjacent to an activating group) is 1. The fourth-order valence-electron chi connectivity index (χ4n) is 1.68. The first-order valence-electron chi connectivity index (χ1n) is 5.61. The van der Waals surface area contributed by atoms with Gasteiger partial charge in [0.1, 0.15) is 0 Å². The number of alkyl halides is 3. The summed E-state index contributed by atoms with van der Waals surface area (Å²) in [4.78, 5) is 22.1. The lowest BCUT2D eigenvalue weighted by molar-refractivity contribution is -0.192. The second-order valence-electron chi connectivity index (χ2n) is 5.41. The smallest absolute Gasteiger partial charge is 0.475 e. The van der Waals surface area contributed by atoms with Crippen molar-refractivity contribution in [2.24, 2.45) is 5.41 Å². The summed E-state index contributed by atoms with van der Waals surface area (Å²) < 4.78 is 31.7. The van der Waals surface area contributed by atoms with Crippen molar-refractivity contribution < 1.29 is 27.9 Å². The number of carbonyl (C=O) groups excluding carboxylic acids is 1. The molecule has 1 aliphatic heterocycles. The number of aliphatic carboxylic acids is 1. The molecule has 0 spiro atoms. The highest BCUT2D eigenvalue weighted by molar-refractivity contribution is 5.83. The van der Waals surface area contributed by atoms with Gasteiger partial charge in [0.2, 0.25) is 5.91 Å². The van der Waals surface area contributed by atoms with Crippen LogP contribution >= 0.6 is 0 Å². The van der Waals surface area contributed by atoms with E-state index >= 15 is 0 Å². The van der Waals surface area contributed by atoms with Crippen LogP contribution < -0.4 is 5.32 Å². The van der Waals surface area contributed by atoms with Crippen LogP contribution in [-0.2, 0) is 9.59 Å². The number of rotatable bonds is 0. The van der Waals surface area contributed by atoms with Crippen LogP contribution in [0.2, 0.25) is 0 Å². The van der Waals surface area contributed by atoms with E-state index < -0.39 is 12.1 Å². The highest BCUT2D eigenvalue weighted by Gasteiger charge is 2.40. The van der Waals surface area contributed by atoms with Gasteiger partial charge in [0.05, 0.1) is 12.2 Å². The standard InChI is InChI=1S/C9H18N2O.C2HF3O2/c1-6-7(12)11(5)8(10-6)9(2,3)4;3-2(4,5)1(6)7/h6,8,10H,1-5H3;(H,6,7)/t6-,8-;/m0./s1. The molecule has 1 aliphatic rings. The predicted molar refractivity (Wildman–Crippen MR) is 62.3 cm³/mol. The number of carbonyl (C=O) groups is 2. The highest BCUT2D eigenvalue weighted by Crippen LogP contribution is 2.25. The van der Waals surface area contributed by atoms with E-state index in [1.165, 1.54) is 0 Å². The Labute approximate surface area is 109 Å². The molecule has 1 heterocycles. The minimum Gasteiger partial charge on any atom is -0.475 e. The van der Waals surface area contributed by atoms with Crippen molar-refractivity contribution in [2.75, 3.05) is 7.05 Å². The third kappa shape index (κ3) is 5.06. The van der Waals surface area contributed by atoms with Crippen molar-refractivity contribution in [1.82, 2.24) is 10.2 Å². The Kier molecular flexibility index (Phi) is 5.37. The van der Waals surface area contributed by atoms with Gasteiger partial charge in [-0.3, -0.25) is 10.1 Å². The van der Waals surface area contributed by atoms with Crippen LogP contribution in [0.5, 0.6) is 0 Å². The van der Waals surface area contributed by atoms with Gasteiger partial charge in [-0.1, -0.05) is 20.8 Å². The first-order chi connectivity index (χ1) is 8.28. The largest absolute Gasteiger partial charge is 0.490 e. The highest BCUT2D eigenvalue weighted by atomic mass is 19.4. The van der Waals surface area contributed by atoms with Crippen LogP contribution in [0, 0.1) is 5.41 Å². The lowest BCUT2D eigenvalue weighted by Crippen LogP contribution is -2.45. The number of hydrogen-bond donors (Lipinski definition) is 2. The minimum absolute atomic E-state index is 0.0285. The number of amides is 1. The quantitative estimate of drug-likeness (QED) is 0.706. The minimum atomic E-state index is -5.08. The topological polar surface area (TPSA) is 69.6 Å². The van der Waals surface area contributed by atoms with E-state index in [0.29, 0.717) is 0 Å². The molecule has 5 nitrogen and oxygen atoms in total. The Morgan fingerprint density at radius 2 is 1.68 bits per heavy atom. The van der Waals surface area contributed by atoms with Gasteiger partial charge < -0.3 is 10.0 Å². The molecular formula is C11H19F3N2O3. The molecule has 112 valence electrons. The average Bonchev–Trinajstić information content (AvgIpc) is 2.44. The van der Waals surface area contributed by atoms with E-state index in [1.807, 2.05) is 14.0 Å². The number of hydrogen-bond acceptors (Lipinski definition) is 3.